The van der Waals surface area contributed by atoms with E-state index in [4.69, 9.17) is 4.98 Å². The van der Waals surface area contributed by atoms with Crippen LogP contribution in [0.5, 0.6) is 0 Å². The number of anilines is 2. The molecule has 5 rings (SSSR count). The lowest BCUT2D eigenvalue weighted by atomic mass is 10.0. The second-order valence-electron chi connectivity index (χ2n) is 9.81. The van der Waals surface area contributed by atoms with Gasteiger partial charge in [0.15, 0.2) is 5.16 Å². The highest BCUT2D eigenvalue weighted by Crippen LogP contribution is 2.34. The Labute approximate surface area is 262 Å². The van der Waals surface area contributed by atoms with Gasteiger partial charge in [-0.2, -0.15) is 0 Å². The SMILES string of the molecule is CSc1nc(-c2cccc(NC(=O)c3ccccc3CNC(=O)c3ccccc3C(=O)O)c2)c(-c2ccnc(NC(C)=O)c2)[nH]1. The second kappa shape index (κ2) is 13.7. The van der Waals surface area contributed by atoms with Crippen molar-refractivity contribution in [2.75, 3.05) is 16.9 Å². The van der Waals surface area contributed by atoms with Crippen LogP contribution >= 0.6 is 11.8 Å². The van der Waals surface area contributed by atoms with Crippen LogP contribution in [0, 0.1) is 0 Å². The molecule has 2 heterocycles. The molecule has 3 aromatic carbocycles. The van der Waals surface area contributed by atoms with Gasteiger partial charge in [0.1, 0.15) is 5.82 Å². The van der Waals surface area contributed by atoms with Gasteiger partial charge in [-0.05, 0) is 54.3 Å². The monoisotopic (exact) mass is 620 g/mol. The first-order valence-corrected chi connectivity index (χ1v) is 14.9. The molecule has 3 amide bonds. The number of hydrogen-bond donors (Lipinski definition) is 5. The number of carboxylic acids is 1. The maximum Gasteiger partial charge on any atom is 0.336 e. The smallest absolute Gasteiger partial charge is 0.336 e. The van der Waals surface area contributed by atoms with Crippen LogP contribution in [0.3, 0.4) is 0 Å². The maximum atomic E-state index is 13.4. The van der Waals surface area contributed by atoms with Crippen molar-refractivity contribution in [1.82, 2.24) is 20.3 Å². The minimum absolute atomic E-state index is 0.0108. The number of aromatic amines is 1. The molecule has 0 spiro atoms. The van der Waals surface area contributed by atoms with Crippen LogP contribution in [0.15, 0.2) is 96.3 Å². The Morgan fingerprint density at radius 3 is 2.29 bits per heavy atom. The Bertz CT molecular complexity index is 1920. The van der Waals surface area contributed by atoms with Crippen molar-refractivity contribution < 1.29 is 24.3 Å². The number of imidazole rings is 1. The van der Waals surface area contributed by atoms with E-state index in [1.165, 1.54) is 30.8 Å². The van der Waals surface area contributed by atoms with E-state index >= 15 is 0 Å². The summed E-state index contributed by atoms with van der Waals surface area (Å²) in [6, 6.07) is 23.6. The predicted octanol–water partition coefficient (Wildman–Crippen LogP) is 5.70. The average molecular weight is 621 g/mol. The zero-order valence-corrected chi connectivity index (χ0v) is 25.1. The number of nitrogens with one attached hydrogen (secondary N) is 4. The third-order valence-corrected chi connectivity index (χ3v) is 7.31. The minimum Gasteiger partial charge on any atom is -0.478 e. The molecule has 5 aromatic rings. The molecule has 0 aliphatic carbocycles. The van der Waals surface area contributed by atoms with Crippen LogP contribution in [-0.4, -0.2) is 50.0 Å². The topological polar surface area (TPSA) is 166 Å². The van der Waals surface area contributed by atoms with E-state index < -0.39 is 11.9 Å². The molecule has 11 nitrogen and oxygen atoms in total. The summed E-state index contributed by atoms with van der Waals surface area (Å²) in [6.07, 6.45) is 3.51. The van der Waals surface area contributed by atoms with Crippen molar-refractivity contribution in [1.29, 1.82) is 0 Å². The number of carboxylic acid groups (broad SMARTS) is 1. The first-order chi connectivity index (χ1) is 21.7. The van der Waals surface area contributed by atoms with Gasteiger partial charge >= 0.3 is 5.97 Å². The molecule has 0 saturated carbocycles. The van der Waals surface area contributed by atoms with Crippen LogP contribution in [-0.2, 0) is 11.3 Å². The lowest BCUT2D eigenvalue weighted by Crippen LogP contribution is -2.26. The Morgan fingerprint density at radius 1 is 0.822 bits per heavy atom. The molecule has 0 saturated heterocycles. The fourth-order valence-corrected chi connectivity index (χ4v) is 5.06. The molecular formula is C33H28N6O5S. The Kier molecular flexibility index (Phi) is 9.34. The van der Waals surface area contributed by atoms with E-state index in [-0.39, 0.29) is 29.5 Å². The Hall–Kier alpha value is -5.75. The van der Waals surface area contributed by atoms with Gasteiger partial charge in [0.2, 0.25) is 5.91 Å². The number of hydrogen-bond acceptors (Lipinski definition) is 7. The lowest BCUT2D eigenvalue weighted by molar-refractivity contribution is -0.114. The van der Waals surface area contributed by atoms with Gasteiger partial charge in [-0.15, -0.1) is 0 Å². The molecule has 0 atom stereocenters. The van der Waals surface area contributed by atoms with Gasteiger partial charge < -0.3 is 26.0 Å². The van der Waals surface area contributed by atoms with Gasteiger partial charge in [-0.1, -0.05) is 54.2 Å². The summed E-state index contributed by atoms with van der Waals surface area (Å²) in [5.74, 6) is -1.97. The fourth-order valence-electron chi connectivity index (χ4n) is 4.68. The fraction of sp³-hybridized carbons (Fsp3) is 0.0909. The van der Waals surface area contributed by atoms with Gasteiger partial charge in [0.05, 0.1) is 22.5 Å². The molecule has 0 aliphatic rings. The molecule has 0 fully saturated rings. The summed E-state index contributed by atoms with van der Waals surface area (Å²) < 4.78 is 0. The van der Waals surface area contributed by atoms with Crippen LogP contribution in [0.2, 0.25) is 0 Å². The third kappa shape index (κ3) is 7.25. The Balaban J connectivity index is 1.37. The summed E-state index contributed by atoms with van der Waals surface area (Å²) in [7, 11) is 0. The van der Waals surface area contributed by atoms with Crippen molar-refractivity contribution in [3.63, 3.8) is 0 Å². The number of thioether (sulfide) groups is 1. The summed E-state index contributed by atoms with van der Waals surface area (Å²) in [5.41, 5.74) is 4.25. The van der Waals surface area contributed by atoms with E-state index in [9.17, 15) is 24.3 Å². The van der Waals surface area contributed by atoms with E-state index in [2.05, 4.69) is 25.9 Å². The van der Waals surface area contributed by atoms with E-state index in [0.717, 1.165) is 16.8 Å². The van der Waals surface area contributed by atoms with E-state index in [0.29, 0.717) is 33.5 Å². The largest absolute Gasteiger partial charge is 0.478 e. The molecule has 45 heavy (non-hydrogen) atoms. The molecule has 226 valence electrons. The molecule has 12 heteroatoms. The zero-order chi connectivity index (χ0) is 31.9. The quantitative estimate of drug-likeness (QED) is 0.124. The normalized spacial score (nSPS) is 10.6. The van der Waals surface area contributed by atoms with Crippen LogP contribution in [0.1, 0.15) is 43.6 Å². The number of carbonyl (C=O) groups excluding carboxylic acids is 3. The highest BCUT2D eigenvalue weighted by atomic mass is 32.2. The number of carbonyl (C=O) groups is 4. The van der Waals surface area contributed by atoms with Crippen molar-refractivity contribution in [2.45, 2.75) is 18.6 Å². The minimum atomic E-state index is -1.20. The van der Waals surface area contributed by atoms with Crippen molar-refractivity contribution in [2.24, 2.45) is 0 Å². The third-order valence-electron chi connectivity index (χ3n) is 6.73. The summed E-state index contributed by atoms with van der Waals surface area (Å²) >= 11 is 1.45. The highest BCUT2D eigenvalue weighted by Gasteiger charge is 2.19. The lowest BCUT2D eigenvalue weighted by Gasteiger charge is -2.13. The molecule has 0 aliphatic heterocycles. The molecular weight excluding hydrogens is 592 g/mol. The highest BCUT2D eigenvalue weighted by molar-refractivity contribution is 7.98. The predicted molar refractivity (Wildman–Crippen MR) is 172 cm³/mol. The van der Waals surface area contributed by atoms with Crippen molar-refractivity contribution in [3.05, 3.63) is 113 Å². The Morgan fingerprint density at radius 2 is 1.56 bits per heavy atom. The van der Waals surface area contributed by atoms with Gasteiger partial charge in [0.25, 0.3) is 11.8 Å². The first kappa shape index (κ1) is 30.7. The molecule has 5 N–H and O–H groups in total. The number of rotatable bonds is 10. The molecule has 2 aromatic heterocycles. The molecule has 0 bridgehead atoms. The number of nitrogens with zero attached hydrogens (tertiary/aromatic N) is 2. The van der Waals surface area contributed by atoms with Gasteiger partial charge in [-0.3, -0.25) is 14.4 Å². The number of aromatic carboxylic acids is 1. The first-order valence-electron chi connectivity index (χ1n) is 13.7. The van der Waals surface area contributed by atoms with Gasteiger partial charge in [-0.25, -0.2) is 14.8 Å². The van der Waals surface area contributed by atoms with Crippen molar-refractivity contribution in [3.8, 4) is 22.5 Å². The van der Waals surface area contributed by atoms with Crippen LogP contribution < -0.4 is 16.0 Å². The summed E-state index contributed by atoms with van der Waals surface area (Å²) in [6.45, 7) is 1.43. The van der Waals surface area contributed by atoms with Gasteiger partial charge in [0, 0.05) is 42.0 Å². The van der Waals surface area contributed by atoms with Crippen LogP contribution in [0.25, 0.3) is 22.5 Å². The maximum absolute atomic E-state index is 13.4. The molecule has 0 radical (unpaired) electrons. The number of benzene rings is 3. The van der Waals surface area contributed by atoms with E-state index in [1.54, 1.807) is 54.7 Å². The number of H-pyrrole nitrogens is 1. The standard InChI is InChI=1S/C33H28N6O5S/c1-19(40)36-27-17-21(14-15-34-27)29-28(38-33(39-29)45-2)20-9-7-10-23(16-20)37-31(42)24-11-4-3-8-22(24)18-35-30(41)25-12-5-6-13-26(25)32(43)44/h3-17H,18H2,1-2H3,(H,35,41)(H,37,42)(H,38,39)(H,43,44)(H,34,36,40). The van der Waals surface area contributed by atoms with Crippen LogP contribution in [0.4, 0.5) is 11.5 Å². The summed E-state index contributed by atoms with van der Waals surface area (Å²) in [5, 5.41) is 18.5. The van der Waals surface area contributed by atoms with Crippen molar-refractivity contribution >= 4 is 47.0 Å². The van der Waals surface area contributed by atoms with E-state index in [1.807, 2.05) is 30.5 Å². The number of aromatic nitrogens is 3. The average Bonchev–Trinajstić information content (AvgIpc) is 3.48. The second-order valence-corrected chi connectivity index (χ2v) is 10.6. The number of pyridine rings is 1. The number of amides is 3. The zero-order valence-electron chi connectivity index (χ0n) is 24.3. The summed E-state index contributed by atoms with van der Waals surface area (Å²) in [4.78, 5) is 61.6. The molecule has 0 unspecified atom stereocenters.